The van der Waals surface area contributed by atoms with Crippen LogP contribution in [0.1, 0.15) is 38.5 Å². The number of piperazine rings is 1. The van der Waals surface area contributed by atoms with Crippen molar-refractivity contribution in [3.05, 3.63) is 0 Å². The van der Waals surface area contributed by atoms with Crippen LogP contribution in [0.3, 0.4) is 0 Å². The predicted octanol–water partition coefficient (Wildman–Crippen LogP) is 1.66. The molecular weight excluding hydrogens is 250 g/mol. The molecule has 0 N–H and O–H groups in total. The quantitative estimate of drug-likeness (QED) is 0.767. The molecule has 1 heterocycles. The lowest BCUT2D eigenvalue weighted by Gasteiger charge is -2.37. The number of carbonyl (C=O) groups excluding carboxylic acids is 1. The van der Waals surface area contributed by atoms with Gasteiger partial charge in [-0.1, -0.05) is 19.3 Å². The third-order valence-corrected chi connectivity index (χ3v) is 4.72. The van der Waals surface area contributed by atoms with Gasteiger partial charge in [-0.25, -0.2) is 0 Å². The SMILES string of the molecule is CN(C)CCCN1CCN(C(=O)C2CCCCC2)CC1. The summed E-state index contributed by atoms with van der Waals surface area (Å²) in [5.41, 5.74) is 0. The summed E-state index contributed by atoms with van der Waals surface area (Å²) in [6, 6.07) is 0. The molecular formula is C16H31N3O. The third kappa shape index (κ3) is 4.74. The van der Waals surface area contributed by atoms with Gasteiger partial charge >= 0.3 is 0 Å². The summed E-state index contributed by atoms with van der Waals surface area (Å²) >= 11 is 0. The first-order chi connectivity index (χ1) is 9.66. The summed E-state index contributed by atoms with van der Waals surface area (Å²) in [6.07, 6.45) is 7.30. The largest absolute Gasteiger partial charge is 0.340 e. The molecule has 116 valence electrons. The van der Waals surface area contributed by atoms with Crippen LogP contribution >= 0.6 is 0 Å². The predicted molar refractivity (Wildman–Crippen MR) is 82.8 cm³/mol. The van der Waals surface area contributed by atoms with Crippen LogP contribution in [0.4, 0.5) is 0 Å². The fraction of sp³-hybridized carbons (Fsp3) is 0.938. The van der Waals surface area contributed by atoms with Gasteiger partial charge in [-0.15, -0.1) is 0 Å². The molecule has 0 aromatic carbocycles. The lowest BCUT2D eigenvalue weighted by Crippen LogP contribution is -2.50. The Kier molecular flexibility index (Phi) is 6.30. The lowest BCUT2D eigenvalue weighted by atomic mass is 9.88. The van der Waals surface area contributed by atoms with E-state index in [1.54, 1.807) is 0 Å². The lowest BCUT2D eigenvalue weighted by molar-refractivity contribution is -0.138. The number of amides is 1. The number of carbonyl (C=O) groups is 1. The molecule has 2 aliphatic rings. The highest BCUT2D eigenvalue weighted by Crippen LogP contribution is 2.25. The van der Waals surface area contributed by atoms with Crippen molar-refractivity contribution in [2.24, 2.45) is 5.92 Å². The van der Waals surface area contributed by atoms with Gasteiger partial charge in [0.05, 0.1) is 0 Å². The Morgan fingerprint density at radius 1 is 1.05 bits per heavy atom. The highest BCUT2D eigenvalue weighted by molar-refractivity contribution is 5.79. The molecule has 2 rings (SSSR count). The van der Waals surface area contributed by atoms with E-state index >= 15 is 0 Å². The number of rotatable bonds is 5. The molecule has 0 spiro atoms. The van der Waals surface area contributed by atoms with Gasteiger partial charge in [-0.2, -0.15) is 0 Å². The minimum Gasteiger partial charge on any atom is -0.340 e. The molecule has 1 saturated heterocycles. The molecule has 4 heteroatoms. The topological polar surface area (TPSA) is 26.8 Å². The van der Waals surface area contributed by atoms with Gasteiger partial charge in [0, 0.05) is 32.1 Å². The first kappa shape index (κ1) is 15.8. The molecule has 0 unspecified atom stereocenters. The van der Waals surface area contributed by atoms with E-state index in [0.29, 0.717) is 11.8 Å². The Labute approximate surface area is 124 Å². The van der Waals surface area contributed by atoms with E-state index in [2.05, 4.69) is 28.8 Å². The van der Waals surface area contributed by atoms with Gasteiger partial charge in [0.15, 0.2) is 0 Å². The first-order valence-electron chi connectivity index (χ1n) is 8.32. The maximum atomic E-state index is 12.5. The average Bonchev–Trinajstić information content (AvgIpc) is 2.48. The molecule has 4 nitrogen and oxygen atoms in total. The Hall–Kier alpha value is -0.610. The van der Waals surface area contributed by atoms with Crippen LogP contribution < -0.4 is 0 Å². The van der Waals surface area contributed by atoms with E-state index in [-0.39, 0.29) is 0 Å². The zero-order valence-electron chi connectivity index (χ0n) is 13.3. The third-order valence-electron chi connectivity index (χ3n) is 4.72. The average molecular weight is 281 g/mol. The summed E-state index contributed by atoms with van der Waals surface area (Å²) in [7, 11) is 4.25. The smallest absolute Gasteiger partial charge is 0.225 e. The minimum absolute atomic E-state index is 0.337. The summed E-state index contributed by atoms with van der Waals surface area (Å²) < 4.78 is 0. The second kappa shape index (κ2) is 7.99. The zero-order chi connectivity index (χ0) is 14.4. The van der Waals surface area contributed by atoms with Crippen molar-refractivity contribution >= 4 is 5.91 Å². The fourth-order valence-corrected chi connectivity index (χ4v) is 3.41. The van der Waals surface area contributed by atoms with E-state index in [9.17, 15) is 4.79 Å². The molecule has 1 aliphatic carbocycles. The van der Waals surface area contributed by atoms with E-state index in [4.69, 9.17) is 0 Å². The van der Waals surface area contributed by atoms with Crippen LogP contribution in [-0.2, 0) is 4.79 Å². The van der Waals surface area contributed by atoms with E-state index < -0.39 is 0 Å². The number of nitrogens with zero attached hydrogens (tertiary/aromatic N) is 3. The van der Waals surface area contributed by atoms with Crippen LogP contribution in [0.25, 0.3) is 0 Å². The van der Waals surface area contributed by atoms with Crippen LogP contribution in [-0.4, -0.2) is 74.0 Å². The normalized spacial score (nSPS) is 22.4. The van der Waals surface area contributed by atoms with Gasteiger partial charge in [-0.3, -0.25) is 9.69 Å². The van der Waals surface area contributed by atoms with Crippen molar-refractivity contribution in [2.75, 3.05) is 53.4 Å². The maximum absolute atomic E-state index is 12.5. The van der Waals surface area contributed by atoms with Gasteiger partial charge in [0.25, 0.3) is 0 Å². The minimum atomic E-state index is 0.337. The monoisotopic (exact) mass is 281 g/mol. The Morgan fingerprint density at radius 2 is 1.70 bits per heavy atom. The first-order valence-corrected chi connectivity index (χ1v) is 8.32. The molecule has 0 aromatic heterocycles. The fourth-order valence-electron chi connectivity index (χ4n) is 3.41. The highest BCUT2D eigenvalue weighted by Gasteiger charge is 2.28. The Balaban J connectivity index is 1.66. The van der Waals surface area contributed by atoms with Crippen molar-refractivity contribution in [3.8, 4) is 0 Å². The molecule has 0 radical (unpaired) electrons. The molecule has 0 bridgehead atoms. The maximum Gasteiger partial charge on any atom is 0.225 e. The number of hydrogen-bond donors (Lipinski definition) is 0. The van der Waals surface area contributed by atoms with Crippen LogP contribution in [0.2, 0.25) is 0 Å². The second-order valence-corrected chi connectivity index (χ2v) is 6.66. The molecule has 1 aliphatic heterocycles. The summed E-state index contributed by atoms with van der Waals surface area (Å²) in [5.74, 6) is 0.779. The van der Waals surface area contributed by atoms with E-state index in [0.717, 1.165) is 45.6 Å². The van der Waals surface area contributed by atoms with Gasteiger partial charge in [-0.05, 0) is 46.4 Å². The van der Waals surface area contributed by atoms with Crippen molar-refractivity contribution in [1.82, 2.24) is 14.7 Å². The zero-order valence-corrected chi connectivity index (χ0v) is 13.3. The highest BCUT2D eigenvalue weighted by atomic mass is 16.2. The molecule has 2 fully saturated rings. The standard InChI is InChI=1S/C16H31N3O/c1-17(2)9-6-10-18-11-13-19(14-12-18)16(20)15-7-4-3-5-8-15/h15H,3-14H2,1-2H3. The molecule has 0 aromatic rings. The summed E-state index contributed by atoms with van der Waals surface area (Å²) in [6.45, 7) is 6.33. The van der Waals surface area contributed by atoms with Crippen molar-refractivity contribution in [3.63, 3.8) is 0 Å². The van der Waals surface area contributed by atoms with E-state index in [1.807, 2.05) is 0 Å². The van der Waals surface area contributed by atoms with Gasteiger partial charge in [0.2, 0.25) is 5.91 Å². The van der Waals surface area contributed by atoms with E-state index in [1.165, 1.54) is 32.2 Å². The molecule has 1 saturated carbocycles. The Morgan fingerprint density at radius 3 is 2.30 bits per heavy atom. The van der Waals surface area contributed by atoms with Crippen molar-refractivity contribution in [2.45, 2.75) is 38.5 Å². The van der Waals surface area contributed by atoms with Crippen LogP contribution in [0.15, 0.2) is 0 Å². The molecule has 0 atom stereocenters. The number of hydrogen-bond acceptors (Lipinski definition) is 3. The molecule has 20 heavy (non-hydrogen) atoms. The molecule has 1 amide bonds. The van der Waals surface area contributed by atoms with Gasteiger partial charge in [0.1, 0.15) is 0 Å². The second-order valence-electron chi connectivity index (χ2n) is 6.66. The van der Waals surface area contributed by atoms with Gasteiger partial charge < -0.3 is 9.80 Å². The van der Waals surface area contributed by atoms with Crippen molar-refractivity contribution in [1.29, 1.82) is 0 Å². The van der Waals surface area contributed by atoms with Crippen LogP contribution in [0, 0.1) is 5.92 Å². The van der Waals surface area contributed by atoms with Crippen molar-refractivity contribution < 1.29 is 4.79 Å². The van der Waals surface area contributed by atoms with Crippen LogP contribution in [0.5, 0.6) is 0 Å². The summed E-state index contributed by atoms with van der Waals surface area (Å²) in [4.78, 5) is 19.3. The Bertz CT molecular complexity index is 292. The summed E-state index contributed by atoms with van der Waals surface area (Å²) in [5, 5.41) is 0.